The Hall–Kier alpha value is -7.98. The molecular weight excluding hydrogens is 795 g/mol. The van der Waals surface area contributed by atoms with Crippen LogP contribution >= 0.6 is 11.3 Å². The van der Waals surface area contributed by atoms with Gasteiger partial charge in [0.05, 0.1) is 5.41 Å². The normalized spacial score (nSPS) is 12.8. The maximum atomic E-state index is 6.56. The Labute approximate surface area is 375 Å². The largest absolute Gasteiger partial charge is 0.455 e. The summed E-state index contributed by atoms with van der Waals surface area (Å²) in [5.41, 5.74) is 16.8. The highest BCUT2D eigenvalue weighted by molar-refractivity contribution is 7.26. The fourth-order valence-corrected chi connectivity index (χ4v) is 11.8. The van der Waals surface area contributed by atoms with Crippen LogP contribution in [0.1, 0.15) is 22.3 Å². The molecule has 0 unspecified atom stereocenters. The highest BCUT2D eigenvalue weighted by atomic mass is 32.1. The molecule has 12 aromatic rings. The van der Waals surface area contributed by atoms with Gasteiger partial charge < -0.3 is 9.32 Å². The van der Waals surface area contributed by atoms with Gasteiger partial charge in [-0.15, -0.1) is 11.3 Å². The van der Waals surface area contributed by atoms with Crippen molar-refractivity contribution in [1.29, 1.82) is 0 Å². The predicted molar refractivity (Wildman–Crippen MR) is 269 cm³/mol. The van der Waals surface area contributed by atoms with Gasteiger partial charge in [0.1, 0.15) is 11.2 Å². The van der Waals surface area contributed by atoms with Crippen LogP contribution in [0.3, 0.4) is 0 Å². The molecule has 0 N–H and O–H groups in total. The lowest BCUT2D eigenvalue weighted by atomic mass is 9.68. The fraction of sp³-hybridized carbons (Fsp3) is 0.0164. The van der Waals surface area contributed by atoms with Gasteiger partial charge in [0.2, 0.25) is 0 Å². The van der Waals surface area contributed by atoms with E-state index in [0.717, 1.165) is 50.1 Å². The molecule has 2 aromatic heterocycles. The molecule has 300 valence electrons. The molecule has 13 rings (SSSR count). The van der Waals surface area contributed by atoms with E-state index in [1.807, 2.05) is 17.4 Å². The molecule has 0 amide bonds. The second kappa shape index (κ2) is 14.6. The van der Waals surface area contributed by atoms with Crippen LogP contribution < -0.4 is 4.90 Å². The quantitative estimate of drug-likeness (QED) is 0.159. The van der Waals surface area contributed by atoms with Crippen LogP contribution in [0, 0.1) is 0 Å². The molecule has 64 heavy (non-hydrogen) atoms. The zero-order chi connectivity index (χ0) is 42.2. The SMILES string of the molecule is c1ccc(C2(c3ccc(N(c4ccc(-c5cccc6c5sc5ccccc56)cc4)c4cccc(-c5cccc6c5oc5ccccc56)c4)cc3)c3ccccc3-c3ccccc32)cc1. The molecule has 3 heteroatoms. The maximum absolute atomic E-state index is 6.56. The van der Waals surface area contributed by atoms with Gasteiger partial charge >= 0.3 is 0 Å². The number of hydrogen-bond donors (Lipinski definition) is 0. The maximum Gasteiger partial charge on any atom is 0.143 e. The van der Waals surface area contributed by atoms with E-state index in [0.29, 0.717) is 0 Å². The topological polar surface area (TPSA) is 16.4 Å². The Kier molecular flexibility index (Phi) is 8.34. The minimum absolute atomic E-state index is 0.474. The Bertz CT molecular complexity index is 3680. The van der Waals surface area contributed by atoms with Crippen molar-refractivity contribution in [3.63, 3.8) is 0 Å². The molecule has 1 aliphatic carbocycles. The zero-order valence-corrected chi connectivity index (χ0v) is 35.6. The summed E-state index contributed by atoms with van der Waals surface area (Å²) in [6.45, 7) is 0. The van der Waals surface area contributed by atoms with Crippen molar-refractivity contribution < 1.29 is 4.42 Å². The van der Waals surface area contributed by atoms with E-state index in [-0.39, 0.29) is 0 Å². The molecular formula is C61H39NOS. The van der Waals surface area contributed by atoms with E-state index < -0.39 is 5.41 Å². The van der Waals surface area contributed by atoms with Crippen molar-refractivity contribution in [1.82, 2.24) is 0 Å². The molecule has 0 aliphatic heterocycles. The second-order valence-corrected chi connectivity index (χ2v) is 17.8. The van der Waals surface area contributed by atoms with Crippen molar-refractivity contribution in [2.24, 2.45) is 0 Å². The van der Waals surface area contributed by atoms with Crippen molar-refractivity contribution in [2.45, 2.75) is 5.41 Å². The van der Waals surface area contributed by atoms with Crippen molar-refractivity contribution in [2.75, 3.05) is 4.90 Å². The predicted octanol–water partition coefficient (Wildman–Crippen LogP) is 17.1. The highest BCUT2D eigenvalue weighted by Gasteiger charge is 2.45. The lowest BCUT2D eigenvalue weighted by Gasteiger charge is -2.34. The van der Waals surface area contributed by atoms with Gasteiger partial charge in [-0.1, -0.05) is 188 Å². The van der Waals surface area contributed by atoms with Gasteiger partial charge in [0.25, 0.3) is 0 Å². The third-order valence-corrected chi connectivity index (χ3v) is 14.6. The smallest absolute Gasteiger partial charge is 0.143 e. The van der Waals surface area contributed by atoms with E-state index in [2.05, 4.69) is 235 Å². The number of benzene rings is 10. The van der Waals surface area contributed by atoms with Gasteiger partial charge in [0, 0.05) is 53.6 Å². The lowest BCUT2D eigenvalue weighted by Crippen LogP contribution is -2.28. The van der Waals surface area contributed by atoms with Crippen LogP contribution in [0.4, 0.5) is 17.1 Å². The molecule has 2 nitrogen and oxygen atoms in total. The first-order valence-corrected chi connectivity index (χ1v) is 22.7. The molecule has 2 heterocycles. The Balaban J connectivity index is 0.975. The minimum atomic E-state index is -0.474. The van der Waals surface area contributed by atoms with Gasteiger partial charge in [0.15, 0.2) is 0 Å². The van der Waals surface area contributed by atoms with Crippen LogP contribution in [0.15, 0.2) is 241 Å². The monoisotopic (exact) mass is 833 g/mol. The molecule has 10 aromatic carbocycles. The minimum Gasteiger partial charge on any atom is -0.455 e. The van der Waals surface area contributed by atoms with Crippen molar-refractivity contribution >= 4 is 70.5 Å². The molecule has 0 fully saturated rings. The van der Waals surface area contributed by atoms with Gasteiger partial charge in [-0.25, -0.2) is 0 Å². The van der Waals surface area contributed by atoms with Gasteiger partial charge in [-0.05, 0) is 98.6 Å². The standard InChI is InChI=1S/C61H39NOS/c1-2-16-42(17-3-1)61(55-27-8-4-19-49(55)50-20-5-9-28-56(50)61)43-33-37-45(38-34-43)62(44-35-31-40(32-36-44)48-24-14-26-54-52-22-7-11-30-58(52)64-60(48)54)46-18-12-15-41(39-46)47-23-13-25-53-51-21-6-10-29-57(51)63-59(47)53/h1-39H. The average Bonchev–Trinajstić information content (AvgIpc) is 4.04. The van der Waals surface area contributed by atoms with Crippen LogP contribution in [-0.2, 0) is 5.41 Å². The van der Waals surface area contributed by atoms with Gasteiger partial charge in [-0.2, -0.15) is 0 Å². The van der Waals surface area contributed by atoms with Crippen LogP contribution in [0.2, 0.25) is 0 Å². The number of nitrogens with zero attached hydrogens (tertiary/aromatic N) is 1. The number of thiophene rings is 1. The Morgan fingerprint density at radius 1 is 0.359 bits per heavy atom. The molecule has 0 saturated carbocycles. The van der Waals surface area contributed by atoms with Gasteiger partial charge in [-0.3, -0.25) is 0 Å². The van der Waals surface area contributed by atoms with E-state index in [1.54, 1.807) is 0 Å². The number of furan rings is 1. The number of para-hydroxylation sites is 2. The lowest BCUT2D eigenvalue weighted by molar-refractivity contribution is 0.670. The summed E-state index contributed by atoms with van der Waals surface area (Å²) in [6.07, 6.45) is 0. The first-order chi connectivity index (χ1) is 31.7. The Morgan fingerprint density at radius 3 is 1.69 bits per heavy atom. The summed E-state index contributed by atoms with van der Waals surface area (Å²) >= 11 is 1.87. The summed E-state index contributed by atoms with van der Waals surface area (Å²) in [4.78, 5) is 2.39. The molecule has 0 atom stereocenters. The first kappa shape index (κ1) is 36.7. The number of anilines is 3. The third-order valence-electron chi connectivity index (χ3n) is 13.4. The summed E-state index contributed by atoms with van der Waals surface area (Å²) in [7, 11) is 0. The van der Waals surface area contributed by atoms with Crippen LogP contribution in [-0.4, -0.2) is 0 Å². The Morgan fingerprint density at radius 2 is 0.922 bits per heavy atom. The summed E-state index contributed by atoms with van der Waals surface area (Å²) in [5.74, 6) is 0. The molecule has 1 aliphatic rings. The highest BCUT2D eigenvalue weighted by Crippen LogP contribution is 2.56. The number of hydrogen-bond acceptors (Lipinski definition) is 3. The molecule has 0 spiro atoms. The van der Waals surface area contributed by atoms with Crippen molar-refractivity contribution in [3.05, 3.63) is 259 Å². The van der Waals surface area contributed by atoms with E-state index in [4.69, 9.17) is 4.42 Å². The van der Waals surface area contributed by atoms with Crippen molar-refractivity contribution in [3.8, 4) is 33.4 Å². The van der Waals surface area contributed by atoms with E-state index in [9.17, 15) is 0 Å². The number of fused-ring (bicyclic) bond motifs is 9. The molecule has 0 saturated heterocycles. The average molecular weight is 834 g/mol. The molecule has 0 radical (unpaired) electrons. The van der Waals surface area contributed by atoms with E-state index in [1.165, 1.54) is 64.7 Å². The summed E-state index contributed by atoms with van der Waals surface area (Å²) in [6, 6.07) is 86.4. The van der Waals surface area contributed by atoms with Crippen LogP contribution in [0.25, 0.3) is 75.5 Å². The second-order valence-electron chi connectivity index (χ2n) is 16.7. The molecule has 0 bridgehead atoms. The van der Waals surface area contributed by atoms with E-state index >= 15 is 0 Å². The number of rotatable bonds is 7. The van der Waals surface area contributed by atoms with Crippen LogP contribution in [0.5, 0.6) is 0 Å². The summed E-state index contributed by atoms with van der Waals surface area (Å²) < 4.78 is 9.19. The third kappa shape index (κ3) is 5.51. The summed E-state index contributed by atoms with van der Waals surface area (Å²) in [5, 5.41) is 4.87. The zero-order valence-electron chi connectivity index (χ0n) is 34.8. The fourth-order valence-electron chi connectivity index (χ4n) is 10.6. The first-order valence-electron chi connectivity index (χ1n) is 21.9.